The first kappa shape index (κ1) is 33.0. The second-order valence-corrected chi connectivity index (χ2v) is 13.8. The van der Waals surface area contributed by atoms with Crippen molar-refractivity contribution in [2.45, 2.75) is 93.4 Å². The molecule has 1 aromatic heterocycles. The number of aromatic hydroxyl groups is 2. The molecule has 0 bridgehead atoms. The van der Waals surface area contributed by atoms with E-state index in [9.17, 15) is 10.2 Å². The Morgan fingerprint density at radius 3 is 1.43 bits per heavy atom. The molecule has 0 unspecified atom stereocenters. The van der Waals surface area contributed by atoms with E-state index >= 15 is 0 Å². The Bertz CT molecular complexity index is 1460. The fraction of sp³-hybridized carbons (Fsp3) is 0.455. The second kappa shape index (κ2) is 11.3. The van der Waals surface area contributed by atoms with Crippen molar-refractivity contribution in [2.24, 2.45) is 0 Å². The van der Waals surface area contributed by atoms with Gasteiger partial charge in [0.25, 0.3) is 0 Å². The number of methoxy groups -OCH3 is 1. The molecule has 0 atom stereocenters. The lowest BCUT2D eigenvalue weighted by molar-refractivity contribution is 0.410. The summed E-state index contributed by atoms with van der Waals surface area (Å²) in [6.45, 7) is 18.7. The minimum Gasteiger partial charge on any atom is -0.508 e. The largest absolute Gasteiger partial charge is 0.508 e. The zero-order valence-electron chi connectivity index (χ0n) is 24.0. The third-order valence-electron chi connectivity index (χ3n) is 6.55. The van der Waals surface area contributed by atoms with E-state index in [1.165, 1.54) is 0 Å². The van der Waals surface area contributed by atoms with Gasteiger partial charge in [-0.1, -0.05) is 77.2 Å². The van der Waals surface area contributed by atoms with E-state index in [1.54, 1.807) is 31.4 Å². The Labute approximate surface area is 240 Å². The molecule has 0 saturated heterocycles. The number of phenolic OH excluding ortho intramolecular Hbond substituents is 2. The summed E-state index contributed by atoms with van der Waals surface area (Å²) in [4.78, 5) is 0. The monoisotopic (exact) mass is 570 g/mol. The maximum atomic E-state index is 10.7. The molecule has 220 valence electrons. The molecule has 2 N–H and O–H groups in total. The van der Waals surface area contributed by atoms with Crippen LogP contribution in [0.3, 0.4) is 0 Å². The molecule has 0 aliphatic rings. The molecule has 4 aromatic rings. The molecule has 0 spiro atoms. The van der Waals surface area contributed by atoms with Gasteiger partial charge in [-0.25, -0.2) is 0 Å². The summed E-state index contributed by atoms with van der Waals surface area (Å²) in [6, 6.07) is 12.5. The number of fused-ring (bicyclic) bond motifs is 3. The van der Waals surface area contributed by atoms with Crippen LogP contribution < -0.4 is 9.26 Å². The minimum atomic E-state index is -1.98. The fourth-order valence-corrected chi connectivity index (χ4v) is 5.65. The highest BCUT2D eigenvalue weighted by atomic mass is 31.1. The quantitative estimate of drug-likeness (QED) is 0.255. The molecule has 3 aromatic carbocycles. The summed E-state index contributed by atoms with van der Waals surface area (Å²) >= 11 is 0. The maximum Gasteiger partial charge on any atom is 0.453 e. The van der Waals surface area contributed by atoms with Gasteiger partial charge in [0, 0.05) is 27.5 Å². The number of phenols is 2. The predicted octanol–water partition coefficient (Wildman–Crippen LogP) is 10.7. The van der Waals surface area contributed by atoms with Crippen LogP contribution in [0.2, 0.25) is 0 Å². The van der Waals surface area contributed by atoms with Crippen LogP contribution in [0.4, 0.5) is 0 Å². The van der Waals surface area contributed by atoms with E-state index in [2.05, 4.69) is 62.3 Å². The van der Waals surface area contributed by atoms with Crippen molar-refractivity contribution < 1.29 is 27.9 Å². The molecular formula is C33H47O6P. The Morgan fingerprint density at radius 1 is 0.625 bits per heavy atom. The topological polar surface area (TPSA) is 85.2 Å². The van der Waals surface area contributed by atoms with Crippen LogP contribution in [0.15, 0.2) is 50.9 Å². The summed E-state index contributed by atoms with van der Waals surface area (Å²) in [5.74, 6) is 1.61. The smallest absolute Gasteiger partial charge is 0.453 e. The lowest BCUT2D eigenvalue weighted by Crippen LogP contribution is -2.12. The molecule has 6 nitrogen and oxygen atoms in total. The second-order valence-electron chi connectivity index (χ2n) is 12.8. The Kier molecular flexibility index (Phi) is 9.34. The van der Waals surface area contributed by atoms with Gasteiger partial charge in [-0.3, -0.25) is 0 Å². The van der Waals surface area contributed by atoms with Crippen molar-refractivity contribution >= 4 is 30.2 Å². The van der Waals surface area contributed by atoms with Crippen molar-refractivity contribution in [3.63, 3.8) is 0 Å². The van der Waals surface area contributed by atoms with Crippen LogP contribution in [0.5, 0.6) is 23.0 Å². The van der Waals surface area contributed by atoms with Gasteiger partial charge in [0.15, 0.2) is 0 Å². The van der Waals surface area contributed by atoms with Gasteiger partial charge in [0.1, 0.15) is 34.2 Å². The molecule has 0 saturated carbocycles. The normalized spacial score (nSPS) is 12.1. The lowest BCUT2D eigenvalue weighted by Gasteiger charge is -2.22. The SMILES string of the molecule is C.C.COc1ccc(Op2oc3c(C(C)(C)C)cc(O)cc3c3cc(O)cc(C(C)(C)C)c3o2)c(C(C)(C)C)c1. The Morgan fingerprint density at radius 2 is 1.05 bits per heavy atom. The minimum absolute atomic E-state index is 0. The standard InChI is InChI=1S/C31H39O6P.2CH4/c1-29(2,3)23-17-20(34-10)11-12-26(23)35-38-36-27-21(13-18(32)15-24(27)30(4,5)6)22-14-19(33)16-25(28(22)37-38)31(7,8)9;;/h11-17,32-33H,1-10H3;2*1H4. The average molecular weight is 571 g/mol. The third-order valence-corrected chi connectivity index (χ3v) is 7.56. The lowest BCUT2D eigenvalue weighted by atomic mass is 9.84. The summed E-state index contributed by atoms with van der Waals surface area (Å²) in [6.07, 6.45) is 0. The summed E-state index contributed by atoms with van der Waals surface area (Å²) in [5, 5.41) is 22.7. The van der Waals surface area contributed by atoms with Crippen LogP contribution in [-0.4, -0.2) is 17.3 Å². The number of ether oxygens (including phenoxy) is 1. The molecule has 0 radical (unpaired) electrons. The fourth-order valence-electron chi connectivity index (χ4n) is 4.53. The number of benzene rings is 3. The van der Waals surface area contributed by atoms with Crippen molar-refractivity contribution in [3.05, 3.63) is 59.2 Å². The number of hydrogen-bond donors (Lipinski definition) is 2. The van der Waals surface area contributed by atoms with Gasteiger partial charge in [0.05, 0.1) is 7.11 Å². The highest BCUT2D eigenvalue weighted by Crippen LogP contribution is 2.46. The van der Waals surface area contributed by atoms with Gasteiger partial charge in [0.2, 0.25) is 0 Å². The van der Waals surface area contributed by atoms with Gasteiger partial charge < -0.3 is 27.9 Å². The highest BCUT2D eigenvalue weighted by molar-refractivity contribution is 7.32. The number of hydrogen-bond acceptors (Lipinski definition) is 6. The number of rotatable bonds is 3. The van der Waals surface area contributed by atoms with Crippen molar-refractivity contribution in [1.29, 1.82) is 0 Å². The van der Waals surface area contributed by atoms with Crippen LogP contribution in [0.1, 0.15) is 93.9 Å². The highest BCUT2D eigenvalue weighted by Gasteiger charge is 2.27. The first-order chi connectivity index (χ1) is 17.5. The zero-order chi connectivity index (χ0) is 28.2. The van der Waals surface area contributed by atoms with Crippen molar-refractivity contribution in [1.82, 2.24) is 0 Å². The molecule has 40 heavy (non-hydrogen) atoms. The van der Waals surface area contributed by atoms with E-state index < -0.39 is 8.24 Å². The van der Waals surface area contributed by atoms with E-state index in [-0.39, 0.29) is 42.6 Å². The van der Waals surface area contributed by atoms with Gasteiger partial charge >= 0.3 is 8.24 Å². The molecule has 1 heterocycles. The third kappa shape index (κ3) is 6.55. The van der Waals surface area contributed by atoms with Gasteiger partial charge in [-0.2, -0.15) is 0 Å². The molecule has 0 amide bonds. The van der Waals surface area contributed by atoms with Crippen molar-refractivity contribution in [2.75, 3.05) is 7.11 Å². The zero-order valence-corrected chi connectivity index (χ0v) is 24.9. The molecule has 0 fully saturated rings. The van der Waals surface area contributed by atoms with Crippen molar-refractivity contribution in [3.8, 4) is 23.0 Å². The van der Waals surface area contributed by atoms with Crippen LogP contribution in [-0.2, 0) is 16.2 Å². The first-order valence-corrected chi connectivity index (χ1v) is 13.9. The first-order valence-electron chi connectivity index (χ1n) is 12.8. The van der Waals surface area contributed by atoms with E-state index in [0.717, 1.165) is 22.4 Å². The summed E-state index contributed by atoms with van der Waals surface area (Å²) in [5.41, 5.74) is 2.78. The molecular weight excluding hydrogens is 523 g/mol. The summed E-state index contributed by atoms with van der Waals surface area (Å²) < 4.78 is 25.2. The Balaban J connectivity index is 0.00000280. The summed E-state index contributed by atoms with van der Waals surface area (Å²) in [7, 11) is -0.332. The van der Waals surface area contributed by atoms with Crippen LogP contribution in [0, 0.1) is 0 Å². The van der Waals surface area contributed by atoms with E-state index in [1.807, 2.05) is 18.2 Å². The van der Waals surface area contributed by atoms with Gasteiger partial charge in [-0.15, -0.1) is 0 Å². The van der Waals surface area contributed by atoms with E-state index in [4.69, 9.17) is 17.7 Å². The predicted molar refractivity (Wildman–Crippen MR) is 168 cm³/mol. The van der Waals surface area contributed by atoms with Crippen LogP contribution >= 0.6 is 8.24 Å². The maximum absolute atomic E-state index is 10.7. The molecule has 0 aliphatic heterocycles. The molecule has 7 heteroatoms. The molecule has 4 rings (SSSR count). The Hall–Kier alpha value is -3.24. The van der Waals surface area contributed by atoms with E-state index in [0.29, 0.717) is 27.7 Å². The van der Waals surface area contributed by atoms with Gasteiger partial charge in [-0.05, 0) is 58.7 Å². The average Bonchev–Trinajstić information content (AvgIpc) is 2.93. The molecule has 0 aliphatic carbocycles. The van der Waals surface area contributed by atoms with Crippen LogP contribution in [0.25, 0.3) is 21.9 Å².